The quantitative estimate of drug-likeness (QED) is 0.153. The second kappa shape index (κ2) is 15.7. The molecule has 2 aliphatic carbocycles. The summed E-state index contributed by atoms with van der Waals surface area (Å²) >= 11 is 0. The highest BCUT2D eigenvalue weighted by Gasteiger charge is 2.30. The molecule has 1 atom stereocenters. The van der Waals surface area contributed by atoms with E-state index in [4.69, 9.17) is 29.7 Å². The Hall–Kier alpha value is -7.83. The predicted molar refractivity (Wildman–Crippen MR) is 246 cm³/mol. The molecule has 61 heavy (non-hydrogen) atoms. The number of rotatable bonds is 8. The van der Waals surface area contributed by atoms with Crippen molar-refractivity contribution in [3.8, 4) is 73.6 Å². The molecule has 0 fully saturated rings. The van der Waals surface area contributed by atoms with E-state index in [0.717, 1.165) is 86.5 Å². The lowest BCUT2D eigenvalue weighted by Crippen LogP contribution is -2.13. The summed E-state index contributed by atoms with van der Waals surface area (Å²) in [6.07, 6.45) is 13.6. The molecule has 1 aliphatic heterocycles. The monoisotopic (exact) mass is 785 g/mol. The number of nitrogens with zero attached hydrogens (tertiary/aromatic N) is 5. The first-order valence-corrected chi connectivity index (χ1v) is 20.8. The van der Waals surface area contributed by atoms with Crippen molar-refractivity contribution in [2.45, 2.75) is 25.4 Å². The summed E-state index contributed by atoms with van der Waals surface area (Å²) in [6, 6.07) is 56.4. The summed E-state index contributed by atoms with van der Waals surface area (Å²) in [7, 11) is 0. The molecule has 0 bridgehead atoms. The van der Waals surface area contributed by atoms with E-state index >= 15 is 0 Å². The summed E-state index contributed by atoms with van der Waals surface area (Å²) in [5, 5.41) is 0. The summed E-state index contributed by atoms with van der Waals surface area (Å²) < 4.78 is 6.28. The predicted octanol–water partition coefficient (Wildman–Crippen LogP) is 13.0. The van der Waals surface area contributed by atoms with Crippen molar-refractivity contribution in [1.82, 2.24) is 24.9 Å². The fraction of sp³-hybridized carbons (Fsp3) is 0.0727. The number of para-hydroxylation sites is 1. The highest BCUT2D eigenvalue weighted by molar-refractivity contribution is 5.92. The number of ether oxygens (including phenoxy) is 1. The van der Waals surface area contributed by atoms with Crippen LogP contribution in [0.15, 0.2) is 194 Å². The highest BCUT2D eigenvalue weighted by atomic mass is 16.5. The summed E-state index contributed by atoms with van der Waals surface area (Å²) in [6.45, 7) is 0. The molecular weight excluding hydrogens is 747 g/mol. The molecule has 3 aliphatic rings. The molecule has 6 nitrogen and oxygen atoms in total. The van der Waals surface area contributed by atoms with Crippen molar-refractivity contribution >= 4 is 16.7 Å². The van der Waals surface area contributed by atoms with Crippen LogP contribution in [0.1, 0.15) is 36.2 Å². The van der Waals surface area contributed by atoms with Crippen LogP contribution in [0, 0.1) is 0 Å². The van der Waals surface area contributed by atoms with Gasteiger partial charge in [-0.25, -0.2) is 24.9 Å². The molecule has 1 unspecified atom stereocenters. The summed E-state index contributed by atoms with van der Waals surface area (Å²) in [4.78, 5) is 25.9. The van der Waals surface area contributed by atoms with Crippen LogP contribution < -0.4 is 4.74 Å². The normalized spacial score (nSPS) is 15.2. The Morgan fingerprint density at radius 1 is 0.459 bits per heavy atom. The largest absolute Gasteiger partial charge is 0.485 e. The Kier molecular flexibility index (Phi) is 9.36. The molecular formula is C55H39N5O. The zero-order valence-electron chi connectivity index (χ0n) is 33.3. The minimum atomic E-state index is 0.0518. The van der Waals surface area contributed by atoms with E-state index < -0.39 is 0 Å². The molecule has 0 N–H and O–H groups in total. The van der Waals surface area contributed by atoms with Crippen LogP contribution in [0.5, 0.6) is 5.75 Å². The maximum atomic E-state index is 6.28. The molecule has 8 aromatic rings. The molecule has 11 rings (SSSR count). The van der Waals surface area contributed by atoms with Crippen molar-refractivity contribution < 1.29 is 4.74 Å². The molecule has 0 radical (unpaired) electrons. The van der Waals surface area contributed by atoms with Gasteiger partial charge in [0, 0.05) is 45.4 Å². The third-order valence-corrected chi connectivity index (χ3v) is 11.5. The lowest BCUT2D eigenvalue weighted by molar-refractivity contribution is 0.279. The van der Waals surface area contributed by atoms with Crippen molar-refractivity contribution in [2.75, 3.05) is 0 Å². The standard InChI is InChI=1S/C55H39N5O/c1-5-16-36(17-6-1)44-30-28-43(34-47(44)55-59-53(38-20-9-3-10-21-38)58-54(60-55)39-22-11-4-12-23-39)49-35-48(56-52(57-49)37-18-7-2-8-19-37)42-25-15-24-40(32-42)41-29-31-51-46(33-41)45-26-13-14-27-50(45)61-51/h1-11,13-22,24-30,32-35,51H,12,23,31H2. The van der Waals surface area contributed by atoms with Gasteiger partial charge < -0.3 is 4.74 Å². The van der Waals surface area contributed by atoms with Crippen LogP contribution >= 0.6 is 0 Å². The fourth-order valence-electron chi connectivity index (χ4n) is 8.43. The van der Waals surface area contributed by atoms with Gasteiger partial charge in [0.15, 0.2) is 23.3 Å². The van der Waals surface area contributed by atoms with Gasteiger partial charge in [0.05, 0.1) is 11.4 Å². The van der Waals surface area contributed by atoms with Gasteiger partial charge in [-0.05, 0) is 71.0 Å². The minimum Gasteiger partial charge on any atom is -0.485 e. The van der Waals surface area contributed by atoms with Crippen LogP contribution in [0.4, 0.5) is 0 Å². The lowest BCUT2D eigenvalue weighted by Gasteiger charge is -2.18. The first kappa shape index (κ1) is 36.3. The molecule has 0 amide bonds. The Morgan fingerprint density at radius 3 is 1.82 bits per heavy atom. The molecule has 0 saturated heterocycles. The third kappa shape index (κ3) is 7.19. The molecule has 6 heteroatoms. The number of aromatic nitrogens is 5. The minimum absolute atomic E-state index is 0.0518. The van der Waals surface area contributed by atoms with Gasteiger partial charge in [-0.1, -0.05) is 164 Å². The second-order valence-electron chi connectivity index (χ2n) is 15.5. The second-order valence-corrected chi connectivity index (χ2v) is 15.5. The molecule has 0 saturated carbocycles. The van der Waals surface area contributed by atoms with Gasteiger partial charge in [-0.2, -0.15) is 0 Å². The molecule has 290 valence electrons. The van der Waals surface area contributed by atoms with E-state index in [1.807, 2.05) is 48.5 Å². The summed E-state index contributed by atoms with van der Waals surface area (Å²) in [5.41, 5.74) is 14.3. The maximum Gasteiger partial charge on any atom is 0.164 e. The van der Waals surface area contributed by atoms with E-state index in [0.29, 0.717) is 23.3 Å². The van der Waals surface area contributed by atoms with Crippen LogP contribution in [0.25, 0.3) is 84.5 Å². The number of hydrogen-bond acceptors (Lipinski definition) is 6. The zero-order valence-corrected chi connectivity index (χ0v) is 33.3. The topological polar surface area (TPSA) is 73.7 Å². The van der Waals surface area contributed by atoms with Gasteiger partial charge in [0.1, 0.15) is 11.9 Å². The maximum absolute atomic E-state index is 6.28. The Morgan fingerprint density at radius 2 is 1.08 bits per heavy atom. The van der Waals surface area contributed by atoms with Crippen LogP contribution in [-0.4, -0.2) is 31.0 Å². The highest BCUT2D eigenvalue weighted by Crippen LogP contribution is 2.43. The van der Waals surface area contributed by atoms with Crippen LogP contribution in [0.3, 0.4) is 0 Å². The van der Waals surface area contributed by atoms with Gasteiger partial charge in [0.2, 0.25) is 0 Å². The number of hydrogen-bond donors (Lipinski definition) is 0. The molecule has 2 aromatic heterocycles. The first-order chi connectivity index (χ1) is 30.2. The van der Waals surface area contributed by atoms with E-state index in [1.54, 1.807) is 0 Å². The van der Waals surface area contributed by atoms with Crippen LogP contribution in [0.2, 0.25) is 0 Å². The number of benzene rings is 6. The van der Waals surface area contributed by atoms with Gasteiger partial charge in [0.25, 0.3) is 0 Å². The Labute approximate surface area is 355 Å². The van der Waals surface area contributed by atoms with Crippen LogP contribution in [-0.2, 0) is 0 Å². The van der Waals surface area contributed by atoms with Gasteiger partial charge in [-0.3, -0.25) is 0 Å². The van der Waals surface area contributed by atoms with E-state index in [1.165, 1.54) is 16.7 Å². The van der Waals surface area contributed by atoms with Crippen molar-refractivity contribution in [3.63, 3.8) is 0 Å². The van der Waals surface area contributed by atoms with Crippen molar-refractivity contribution in [2.24, 2.45) is 0 Å². The van der Waals surface area contributed by atoms with Gasteiger partial charge in [-0.15, -0.1) is 0 Å². The average molecular weight is 786 g/mol. The summed E-state index contributed by atoms with van der Waals surface area (Å²) in [5.74, 6) is 3.55. The van der Waals surface area contributed by atoms with E-state index in [2.05, 4.69) is 146 Å². The number of allylic oxidation sites excluding steroid dienone is 6. The SMILES string of the molecule is C1=CCCC(c2nc(-c3ccccc3)nc(-c3cc(-c4cc(-c5cccc(C6=CCC7Oc8ccccc8C7=C6)c5)nc(-c5ccccc5)n4)ccc3-c3ccccc3)n2)=C1. The number of fused-ring (bicyclic) bond motifs is 3. The molecule has 3 heterocycles. The smallest absolute Gasteiger partial charge is 0.164 e. The lowest BCUT2D eigenvalue weighted by atomic mass is 9.89. The fourth-order valence-corrected chi connectivity index (χ4v) is 8.43. The Balaban J connectivity index is 1.06. The average Bonchev–Trinajstić information content (AvgIpc) is 3.73. The van der Waals surface area contributed by atoms with E-state index in [9.17, 15) is 0 Å². The third-order valence-electron chi connectivity index (χ3n) is 11.5. The van der Waals surface area contributed by atoms with E-state index in [-0.39, 0.29) is 6.10 Å². The first-order valence-electron chi connectivity index (χ1n) is 20.8. The zero-order chi connectivity index (χ0) is 40.5. The molecule has 0 spiro atoms. The van der Waals surface area contributed by atoms with Gasteiger partial charge >= 0.3 is 0 Å². The Bertz CT molecular complexity index is 3080. The van der Waals surface area contributed by atoms with Crippen molar-refractivity contribution in [3.05, 3.63) is 211 Å². The van der Waals surface area contributed by atoms with Crippen molar-refractivity contribution in [1.29, 1.82) is 0 Å². The molecule has 6 aromatic carbocycles.